The first-order chi connectivity index (χ1) is 9.06. The number of rotatable bonds is 2. The van der Waals surface area contributed by atoms with Crippen LogP contribution in [0.1, 0.15) is 10.5 Å². The van der Waals surface area contributed by atoms with Crippen LogP contribution in [0.15, 0.2) is 30.6 Å². The van der Waals surface area contributed by atoms with Gasteiger partial charge in [0.2, 0.25) is 0 Å². The van der Waals surface area contributed by atoms with Gasteiger partial charge in [0.05, 0.1) is 23.1 Å². The van der Waals surface area contributed by atoms with Gasteiger partial charge in [0.15, 0.2) is 0 Å². The van der Waals surface area contributed by atoms with Gasteiger partial charge in [-0.25, -0.2) is 9.78 Å². The summed E-state index contributed by atoms with van der Waals surface area (Å²) in [6.45, 7) is 0. The van der Waals surface area contributed by atoms with Crippen LogP contribution in [0, 0.1) is 0 Å². The summed E-state index contributed by atoms with van der Waals surface area (Å²) in [5.74, 6) is -0.986. The quantitative estimate of drug-likeness (QED) is 0.757. The molecule has 0 aliphatic heterocycles. The van der Waals surface area contributed by atoms with Crippen LogP contribution in [-0.4, -0.2) is 30.4 Å². The number of aryl methyl sites for hydroxylation is 2. The van der Waals surface area contributed by atoms with Crippen molar-refractivity contribution < 1.29 is 9.90 Å². The molecule has 0 spiro atoms. The minimum atomic E-state index is -0.986. The Morgan fingerprint density at radius 3 is 2.74 bits per heavy atom. The molecule has 96 valence electrons. The number of aromatic carboxylic acids is 1. The first kappa shape index (κ1) is 11.5. The molecule has 0 bridgehead atoms. The number of benzene rings is 1. The molecule has 0 radical (unpaired) electrons. The SMILES string of the molecule is Cn1nc(-c2ccc3c(c2)ncn3C)cc1C(=O)O. The molecular formula is C13H12N4O2. The molecule has 6 nitrogen and oxygen atoms in total. The maximum atomic E-state index is 11.0. The third-order valence-corrected chi connectivity index (χ3v) is 3.12. The van der Waals surface area contributed by atoms with Crippen LogP contribution in [0.5, 0.6) is 0 Å². The van der Waals surface area contributed by atoms with Crippen molar-refractivity contribution in [3.63, 3.8) is 0 Å². The molecule has 2 heterocycles. The van der Waals surface area contributed by atoms with Gasteiger partial charge in [-0.3, -0.25) is 4.68 Å². The van der Waals surface area contributed by atoms with Crippen LogP contribution in [0.25, 0.3) is 22.3 Å². The van der Waals surface area contributed by atoms with Crippen LogP contribution >= 0.6 is 0 Å². The van der Waals surface area contributed by atoms with Crippen molar-refractivity contribution >= 4 is 17.0 Å². The Hall–Kier alpha value is -2.63. The largest absolute Gasteiger partial charge is 0.477 e. The fraction of sp³-hybridized carbons (Fsp3) is 0.154. The second-order valence-corrected chi connectivity index (χ2v) is 4.40. The van der Waals surface area contributed by atoms with Crippen molar-refractivity contribution in [1.82, 2.24) is 19.3 Å². The maximum absolute atomic E-state index is 11.0. The van der Waals surface area contributed by atoms with Gasteiger partial charge >= 0.3 is 5.97 Å². The summed E-state index contributed by atoms with van der Waals surface area (Å²) in [5, 5.41) is 13.2. The third kappa shape index (κ3) is 1.77. The van der Waals surface area contributed by atoms with E-state index < -0.39 is 5.97 Å². The average molecular weight is 256 g/mol. The van der Waals surface area contributed by atoms with E-state index in [9.17, 15) is 4.79 Å². The molecule has 3 aromatic rings. The van der Waals surface area contributed by atoms with E-state index in [2.05, 4.69) is 10.1 Å². The highest BCUT2D eigenvalue weighted by Crippen LogP contribution is 2.23. The number of carboxylic acids is 1. The van der Waals surface area contributed by atoms with Gasteiger partial charge in [0.25, 0.3) is 0 Å². The van der Waals surface area contributed by atoms with E-state index >= 15 is 0 Å². The fourth-order valence-electron chi connectivity index (χ4n) is 2.10. The molecule has 2 aromatic heterocycles. The summed E-state index contributed by atoms with van der Waals surface area (Å²) in [6.07, 6.45) is 1.75. The molecule has 0 saturated carbocycles. The molecular weight excluding hydrogens is 244 g/mol. The second-order valence-electron chi connectivity index (χ2n) is 4.40. The van der Waals surface area contributed by atoms with E-state index in [4.69, 9.17) is 5.11 Å². The van der Waals surface area contributed by atoms with Crippen LogP contribution in [0.2, 0.25) is 0 Å². The van der Waals surface area contributed by atoms with Crippen molar-refractivity contribution in [3.8, 4) is 11.3 Å². The van der Waals surface area contributed by atoms with Crippen molar-refractivity contribution in [3.05, 3.63) is 36.3 Å². The minimum absolute atomic E-state index is 0.163. The normalized spacial score (nSPS) is 11.1. The summed E-state index contributed by atoms with van der Waals surface area (Å²) in [4.78, 5) is 15.3. The molecule has 0 saturated heterocycles. The lowest BCUT2D eigenvalue weighted by Crippen LogP contribution is -2.04. The number of carboxylic acid groups (broad SMARTS) is 1. The highest BCUT2D eigenvalue weighted by atomic mass is 16.4. The van der Waals surface area contributed by atoms with Gasteiger partial charge in [-0.1, -0.05) is 6.07 Å². The monoisotopic (exact) mass is 256 g/mol. The van der Waals surface area contributed by atoms with E-state index in [-0.39, 0.29) is 5.69 Å². The standard InChI is InChI=1S/C13H12N4O2/c1-16-7-14-10-5-8(3-4-11(10)16)9-6-12(13(18)19)17(2)15-9/h3-7H,1-2H3,(H,18,19). The summed E-state index contributed by atoms with van der Waals surface area (Å²) in [5.41, 5.74) is 3.54. The zero-order valence-electron chi connectivity index (χ0n) is 10.5. The molecule has 0 aliphatic rings. The summed E-state index contributed by atoms with van der Waals surface area (Å²) < 4.78 is 3.29. The summed E-state index contributed by atoms with van der Waals surface area (Å²) in [7, 11) is 3.55. The second kappa shape index (κ2) is 3.94. The van der Waals surface area contributed by atoms with Gasteiger partial charge in [0.1, 0.15) is 5.69 Å². The molecule has 0 atom stereocenters. The van der Waals surface area contributed by atoms with Gasteiger partial charge in [-0.05, 0) is 18.2 Å². The topological polar surface area (TPSA) is 72.9 Å². The van der Waals surface area contributed by atoms with Gasteiger partial charge < -0.3 is 9.67 Å². The molecule has 3 rings (SSSR count). The predicted molar refractivity (Wildman–Crippen MR) is 69.9 cm³/mol. The number of hydrogen-bond acceptors (Lipinski definition) is 3. The molecule has 0 amide bonds. The Balaban J connectivity index is 2.13. The Bertz CT molecular complexity index is 785. The average Bonchev–Trinajstić information content (AvgIpc) is 2.93. The lowest BCUT2D eigenvalue weighted by molar-refractivity contribution is 0.0685. The summed E-state index contributed by atoms with van der Waals surface area (Å²) >= 11 is 0. The highest BCUT2D eigenvalue weighted by Gasteiger charge is 2.13. The van der Waals surface area contributed by atoms with Gasteiger partial charge in [-0.2, -0.15) is 5.10 Å². The molecule has 0 fully saturated rings. The zero-order chi connectivity index (χ0) is 13.6. The van der Waals surface area contributed by atoms with Crippen LogP contribution in [0.3, 0.4) is 0 Å². The van der Waals surface area contributed by atoms with Crippen LogP contribution in [0.4, 0.5) is 0 Å². The minimum Gasteiger partial charge on any atom is -0.477 e. The first-order valence-electron chi connectivity index (χ1n) is 5.75. The smallest absolute Gasteiger partial charge is 0.354 e. The maximum Gasteiger partial charge on any atom is 0.354 e. The van der Waals surface area contributed by atoms with Gasteiger partial charge in [0, 0.05) is 19.7 Å². The number of imidazole rings is 1. The molecule has 1 aromatic carbocycles. The van der Waals surface area contributed by atoms with E-state index in [1.807, 2.05) is 29.8 Å². The lowest BCUT2D eigenvalue weighted by Gasteiger charge is -1.98. The van der Waals surface area contributed by atoms with E-state index in [0.717, 1.165) is 16.6 Å². The number of carbonyl (C=O) groups is 1. The van der Waals surface area contributed by atoms with E-state index in [1.54, 1.807) is 19.4 Å². The number of aromatic nitrogens is 4. The molecule has 19 heavy (non-hydrogen) atoms. The fourth-order valence-corrected chi connectivity index (χ4v) is 2.10. The van der Waals surface area contributed by atoms with Crippen LogP contribution < -0.4 is 0 Å². The molecule has 0 aliphatic carbocycles. The number of nitrogens with zero attached hydrogens (tertiary/aromatic N) is 4. The Kier molecular flexibility index (Phi) is 2.38. The molecule has 0 unspecified atom stereocenters. The summed E-state index contributed by atoms with van der Waals surface area (Å²) in [6, 6.07) is 7.33. The number of fused-ring (bicyclic) bond motifs is 1. The molecule has 6 heteroatoms. The molecule has 1 N–H and O–H groups in total. The van der Waals surface area contributed by atoms with Crippen molar-refractivity contribution in [1.29, 1.82) is 0 Å². The zero-order valence-corrected chi connectivity index (χ0v) is 10.5. The third-order valence-electron chi connectivity index (χ3n) is 3.12. The van der Waals surface area contributed by atoms with Gasteiger partial charge in [-0.15, -0.1) is 0 Å². The lowest BCUT2D eigenvalue weighted by atomic mass is 10.1. The predicted octanol–water partition coefficient (Wildman–Crippen LogP) is 1.67. The number of hydrogen-bond donors (Lipinski definition) is 1. The first-order valence-corrected chi connectivity index (χ1v) is 5.75. The van der Waals surface area contributed by atoms with E-state index in [1.165, 1.54) is 4.68 Å². The van der Waals surface area contributed by atoms with Crippen molar-refractivity contribution in [2.45, 2.75) is 0 Å². The van der Waals surface area contributed by atoms with E-state index in [0.29, 0.717) is 5.69 Å². The van der Waals surface area contributed by atoms with Crippen molar-refractivity contribution in [2.75, 3.05) is 0 Å². The van der Waals surface area contributed by atoms with Crippen molar-refractivity contribution in [2.24, 2.45) is 14.1 Å². The van der Waals surface area contributed by atoms with Crippen LogP contribution in [-0.2, 0) is 14.1 Å². The Morgan fingerprint density at radius 1 is 1.26 bits per heavy atom. The Labute approximate surface area is 108 Å². The highest BCUT2D eigenvalue weighted by molar-refractivity contribution is 5.88. The Morgan fingerprint density at radius 2 is 2.05 bits per heavy atom.